The molecule has 82 valence electrons. The fourth-order valence-corrected chi connectivity index (χ4v) is 2.16. The number of pyridine rings is 1. The molecule has 0 radical (unpaired) electrons. The monoisotopic (exact) mass is 280 g/mol. The van der Waals surface area contributed by atoms with Crippen LogP contribution in [-0.2, 0) is 5.54 Å². The van der Waals surface area contributed by atoms with Gasteiger partial charge in [-0.3, -0.25) is 0 Å². The van der Waals surface area contributed by atoms with Crippen LogP contribution in [-0.4, -0.2) is 10.9 Å². The van der Waals surface area contributed by atoms with Gasteiger partial charge in [0, 0.05) is 29.1 Å². The molecule has 0 aliphatic heterocycles. The van der Waals surface area contributed by atoms with Crippen LogP contribution in [0.1, 0.15) is 18.4 Å². The van der Waals surface area contributed by atoms with E-state index in [1.165, 1.54) is 12.3 Å². The first-order valence-corrected chi connectivity index (χ1v) is 5.10. The van der Waals surface area contributed by atoms with Crippen molar-refractivity contribution in [3.05, 3.63) is 28.2 Å². The van der Waals surface area contributed by atoms with Gasteiger partial charge in [-0.2, -0.15) is 4.39 Å². The molecular weight excluding hydrogens is 273 g/mol. The predicted octanol–water partition coefficient (Wildman–Crippen LogP) is 2.57. The highest BCUT2D eigenvalue weighted by Crippen LogP contribution is 2.50. The van der Waals surface area contributed by atoms with Gasteiger partial charge in [0.2, 0.25) is 5.95 Å². The summed E-state index contributed by atoms with van der Waals surface area (Å²) in [5, 5.41) is 0. The van der Waals surface area contributed by atoms with Crippen molar-refractivity contribution in [1.82, 2.24) is 4.98 Å². The van der Waals surface area contributed by atoms with Crippen molar-refractivity contribution >= 4 is 15.9 Å². The zero-order valence-electron chi connectivity index (χ0n) is 7.61. The van der Waals surface area contributed by atoms with Crippen molar-refractivity contribution in [3.63, 3.8) is 0 Å². The standard InChI is InChI=1S/C9H8BrF3N2/c10-5-1-6(7(11)15-2-5)8(14)3-9(12,13)4-8/h1-2H,3-4,14H2. The van der Waals surface area contributed by atoms with E-state index in [9.17, 15) is 13.2 Å². The zero-order valence-corrected chi connectivity index (χ0v) is 9.19. The Balaban J connectivity index is 2.35. The van der Waals surface area contributed by atoms with Crippen molar-refractivity contribution < 1.29 is 13.2 Å². The second kappa shape index (κ2) is 3.18. The Bertz CT molecular complexity index is 400. The van der Waals surface area contributed by atoms with Gasteiger partial charge in [-0.05, 0) is 22.0 Å². The first-order valence-electron chi connectivity index (χ1n) is 4.31. The Labute approximate surface area is 92.8 Å². The largest absolute Gasteiger partial charge is 0.321 e. The highest BCUT2D eigenvalue weighted by atomic mass is 79.9. The summed E-state index contributed by atoms with van der Waals surface area (Å²) in [4.78, 5) is 3.44. The maximum absolute atomic E-state index is 13.3. The summed E-state index contributed by atoms with van der Waals surface area (Å²) in [6, 6.07) is 1.40. The van der Waals surface area contributed by atoms with Crippen molar-refractivity contribution in [2.24, 2.45) is 5.73 Å². The summed E-state index contributed by atoms with van der Waals surface area (Å²) in [5.74, 6) is -3.57. The number of rotatable bonds is 1. The molecule has 0 spiro atoms. The third kappa shape index (κ3) is 1.88. The predicted molar refractivity (Wildman–Crippen MR) is 51.9 cm³/mol. The third-order valence-electron chi connectivity index (χ3n) is 2.49. The van der Waals surface area contributed by atoms with Crippen LogP contribution in [0, 0.1) is 5.95 Å². The number of hydrogen-bond donors (Lipinski definition) is 1. The number of aromatic nitrogens is 1. The summed E-state index contributed by atoms with van der Waals surface area (Å²) in [7, 11) is 0. The van der Waals surface area contributed by atoms with E-state index in [0.29, 0.717) is 4.47 Å². The van der Waals surface area contributed by atoms with Gasteiger partial charge in [0.05, 0.1) is 5.54 Å². The van der Waals surface area contributed by atoms with Crippen LogP contribution in [0.2, 0.25) is 0 Å². The highest BCUT2D eigenvalue weighted by molar-refractivity contribution is 9.10. The smallest absolute Gasteiger partial charge is 0.252 e. The average molecular weight is 281 g/mol. The van der Waals surface area contributed by atoms with Gasteiger partial charge in [-0.15, -0.1) is 0 Å². The lowest BCUT2D eigenvalue weighted by atomic mass is 9.70. The number of hydrogen-bond acceptors (Lipinski definition) is 2. The molecule has 2 N–H and O–H groups in total. The molecule has 0 unspecified atom stereocenters. The minimum absolute atomic E-state index is 0.0443. The Kier molecular flexibility index (Phi) is 2.31. The van der Waals surface area contributed by atoms with Crippen LogP contribution in [0.15, 0.2) is 16.7 Å². The summed E-state index contributed by atoms with van der Waals surface area (Å²) < 4.78 is 39.2. The molecule has 0 aromatic carbocycles. The van der Waals surface area contributed by atoms with Gasteiger partial charge >= 0.3 is 0 Å². The van der Waals surface area contributed by atoms with Crippen molar-refractivity contribution in [2.75, 3.05) is 0 Å². The fraction of sp³-hybridized carbons (Fsp3) is 0.444. The Hall–Kier alpha value is -0.620. The molecule has 2 rings (SSSR count). The second-order valence-corrected chi connectivity index (χ2v) is 4.77. The lowest BCUT2D eigenvalue weighted by Crippen LogP contribution is -2.56. The third-order valence-corrected chi connectivity index (χ3v) is 2.92. The summed E-state index contributed by atoms with van der Waals surface area (Å²) >= 11 is 3.10. The SMILES string of the molecule is NC1(c2cc(Br)cnc2F)CC(F)(F)C1. The van der Waals surface area contributed by atoms with Gasteiger partial charge in [-0.1, -0.05) is 0 Å². The van der Waals surface area contributed by atoms with Gasteiger partial charge < -0.3 is 5.73 Å². The molecule has 1 saturated carbocycles. The summed E-state index contributed by atoms with van der Waals surface area (Å²) in [6.45, 7) is 0. The lowest BCUT2D eigenvalue weighted by molar-refractivity contribution is -0.126. The summed E-state index contributed by atoms with van der Waals surface area (Å²) in [6.07, 6.45) is 0.198. The van der Waals surface area contributed by atoms with Crippen molar-refractivity contribution in [1.29, 1.82) is 0 Å². The number of halogens is 4. The van der Waals surface area contributed by atoms with E-state index in [1.54, 1.807) is 0 Å². The van der Waals surface area contributed by atoms with E-state index in [2.05, 4.69) is 20.9 Å². The van der Waals surface area contributed by atoms with E-state index in [-0.39, 0.29) is 5.56 Å². The van der Waals surface area contributed by atoms with Gasteiger partial charge in [-0.25, -0.2) is 13.8 Å². The molecule has 1 fully saturated rings. The van der Waals surface area contributed by atoms with Gasteiger partial charge in [0.1, 0.15) is 0 Å². The van der Waals surface area contributed by atoms with E-state index in [0.717, 1.165) is 0 Å². The summed E-state index contributed by atoms with van der Waals surface area (Å²) in [5.41, 5.74) is 4.45. The Morgan fingerprint density at radius 1 is 1.40 bits per heavy atom. The molecule has 2 nitrogen and oxygen atoms in total. The van der Waals surface area contributed by atoms with Crippen LogP contribution in [0.25, 0.3) is 0 Å². The maximum Gasteiger partial charge on any atom is 0.252 e. The first-order chi connectivity index (χ1) is 6.82. The van der Waals surface area contributed by atoms with E-state index in [1.807, 2.05) is 0 Å². The number of nitrogens with zero attached hydrogens (tertiary/aromatic N) is 1. The van der Waals surface area contributed by atoms with Crippen molar-refractivity contribution in [2.45, 2.75) is 24.3 Å². The van der Waals surface area contributed by atoms with Crippen molar-refractivity contribution in [3.8, 4) is 0 Å². The van der Waals surface area contributed by atoms with E-state index in [4.69, 9.17) is 5.73 Å². The van der Waals surface area contributed by atoms with E-state index >= 15 is 0 Å². The van der Waals surface area contributed by atoms with Crippen LogP contribution >= 0.6 is 15.9 Å². The second-order valence-electron chi connectivity index (χ2n) is 3.86. The molecule has 0 bridgehead atoms. The molecule has 6 heteroatoms. The maximum atomic E-state index is 13.3. The normalized spacial score (nSPS) is 22.2. The Morgan fingerprint density at radius 3 is 2.53 bits per heavy atom. The minimum atomic E-state index is -2.79. The quantitative estimate of drug-likeness (QED) is 0.803. The molecule has 1 aromatic heterocycles. The number of nitrogens with two attached hydrogens (primary N) is 1. The van der Waals surface area contributed by atoms with E-state index < -0.39 is 30.3 Å². The molecular formula is C9H8BrF3N2. The fourth-order valence-electron chi connectivity index (χ4n) is 1.83. The topological polar surface area (TPSA) is 38.9 Å². The minimum Gasteiger partial charge on any atom is -0.321 e. The van der Waals surface area contributed by atoms with Gasteiger partial charge in [0.25, 0.3) is 5.92 Å². The average Bonchev–Trinajstić information content (AvgIpc) is 2.05. The molecule has 0 atom stereocenters. The Morgan fingerprint density at radius 2 is 2.00 bits per heavy atom. The molecule has 15 heavy (non-hydrogen) atoms. The van der Waals surface area contributed by atoms with Crippen LogP contribution in [0.3, 0.4) is 0 Å². The molecule has 0 saturated heterocycles. The molecule has 1 aliphatic carbocycles. The lowest BCUT2D eigenvalue weighted by Gasteiger charge is -2.44. The molecule has 1 heterocycles. The first kappa shape index (κ1) is 10.9. The zero-order chi connectivity index (χ0) is 11.3. The molecule has 1 aromatic rings. The van der Waals surface area contributed by atoms with Crippen LogP contribution in [0.4, 0.5) is 13.2 Å². The number of alkyl halides is 2. The molecule has 1 aliphatic rings. The highest BCUT2D eigenvalue weighted by Gasteiger charge is 2.56. The van der Waals surface area contributed by atoms with Gasteiger partial charge in [0.15, 0.2) is 0 Å². The van der Waals surface area contributed by atoms with Crippen LogP contribution < -0.4 is 5.73 Å². The molecule has 0 amide bonds. The van der Waals surface area contributed by atoms with Crippen LogP contribution in [0.5, 0.6) is 0 Å².